The third-order valence-corrected chi connectivity index (χ3v) is 4.17. The summed E-state index contributed by atoms with van der Waals surface area (Å²) in [6.07, 6.45) is 1.70. The Morgan fingerprint density at radius 2 is 1.62 bits per heavy atom. The van der Waals surface area contributed by atoms with E-state index in [1.165, 1.54) is 5.56 Å². The van der Waals surface area contributed by atoms with Crippen LogP contribution in [0.3, 0.4) is 0 Å². The maximum absolute atomic E-state index is 12.1. The van der Waals surface area contributed by atoms with Gasteiger partial charge in [0.05, 0.1) is 12.3 Å². The fourth-order valence-electron chi connectivity index (χ4n) is 2.81. The molecule has 0 bridgehead atoms. The van der Waals surface area contributed by atoms with E-state index in [1.54, 1.807) is 0 Å². The van der Waals surface area contributed by atoms with Gasteiger partial charge in [0.15, 0.2) is 0 Å². The number of hydrogen-bond acceptors (Lipinski definition) is 2. The third-order valence-electron chi connectivity index (χ3n) is 4.17. The van der Waals surface area contributed by atoms with Crippen LogP contribution in [0, 0.1) is 0 Å². The van der Waals surface area contributed by atoms with Crippen molar-refractivity contribution < 1.29 is 9.53 Å². The highest BCUT2D eigenvalue weighted by Gasteiger charge is 2.04. The van der Waals surface area contributed by atoms with E-state index >= 15 is 0 Å². The van der Waals surface area contributed by atoms with Crippen LogP contribution in [0.2, 0.25) is 0 Å². The molecule has 2 N–H and O–H groups in total. The molecule has 3 rings (SSSR count). The number of anilines is 1. The number of carbonyl (C=O) groups is 1. The lowest BCUT2D eigenvalue weighted by Crippen LogP contribution is -2.30. The highest BCUT2D eigenvalue weighted by atomic mass is 16.5. The number of ether oxygens (including phenoxy) is 1. The van der Waals surface area contributed by atoms with Gasteiger partial charge in [0, 0.05) is 18.5 Å². The maximum atomic E-state index is 12.1. The SMILES string of the molecule is O=C(NCCCOCCc1ccccc1)Nc1cccc2ccccc12. The summed E-state index contributed by atoms with van der Waals surface area (Å²) in [4.78, 5) is 12.1. The molecule has 3 aromatic rings. The topological polar surface area (TPSA) is 50.4 Å². The summed E-state index contributed by atoms with van der Waals surface area (Å²) < 4.78 is 5.62. The number of fused-ring (bicyclic) bond motifs is 1. The number of amides is 2. The van der Waals surface area contributed by atoms with E-state index in [9.17, 15) is 4.79 Å². The Bertz CT molecular complexity index is 828. The molecular weight excluding hydrogens is 324 g/mol. The lowest BCUT2D eigenvalue weighted by atomic mass is 10.1. The quantitative estimate of drug-likeness (QED) is 0.584. The van der Waals surface area contributed by atoms with Gasteiger partial charge in [-0.25, -0.2) is 4.79 Å². The molecular formula is C22H24N2O2. The predicted octanol–water partition coefficient (Wildman–Crippen LogP) is 4.61. The molecule has 4 heteroatoms. The second-order valence-electron chi connectivity index (χ2n) is 6.11. The number of hydrogen-bond donors (Lipinski definition) is 2. The van der Waals surface area contributed by atoms with Gasteiger partial charge in [-0.15, -0.1) is 0 Å². The van der Waals surface area contributed by atoms with Crippen LogP contribution >= 0.6 is 0 Å². The molecule has 0 unspecified atom stereocenters. The van der Waals surface area contributed by atoms with Crippen LogP contribution in [0.4, 0.5) is 10.5 Å². The Hall–Kier alpha value is -2.85. The van der Waals surface area contributed by atoms with Crippen LogP contribution in [0.15, 0.2) is 72.8 Å². The van der Waals surface area contributed by atoms with E-state index < -0.39 is 0 Å². The van der Waals surface area contributed by atoms with Crippen molar-refractivity contribution in [1.29, 1.82) is 0 Å². The predicted molar refractivity (Wildman–Crippen MR) is 107 cm³/mol. The van der Waals surface area contributed by atoms with Crippen LogP contribution in [-0.2, 0) is 11.2 Å². The van der Waals surface area contributed by atoms with Gasteiger partial charge < -0.3 is 15.4 Å². The van der Waals surface area contributed by atoms with Crippen molar-refractivity contribution in [3.63, 3.8) is 0 Å². The van der Waals surface area contributed by atoms with Gasteiger partial charge in [0.1, 0.15) is 0 Å². The van der Waals surface area contributed by atoms with Gasteiger partial charge in [-0.3, -0.25) is 0 Å². The van der Waals surface area contributed by atoms with E-state index in [0.29, 0.717) is 19.8 Å². The molecule has 0 aliphatic rings. The van der Waals surface area contributed by atoms with Crippen molar-refractivity contribution in [3.8, 4) is 0 Å². The number of nitrogens with one attached hydrogen (secondary N) is 2. The maximum Gasteiger partial charge on any atom is 0.319 e. The molecule has 0 atom stereocenters. The molecule has 0 radical (unpaired) electrons. The lowest BCUT2D eigenvalue weighted by Gasteiger charge is -2.10. The van der Waals surface area contributed by atoms with E-state index in [1.807, 2.05) is 60.7 Å². The summed E-state index contributed by atoms with van der Waals surface area (Å²) in [5.74, 6) is 0. The van der Waals surface area contributed by atoms with Gasteiger partial charge in [0.2, 0.25) is 0 Å². The molecule has 3 aromatic carbocycles. The molecule has 0 saturated carbocycles. The summed E-state index contributed by atoms with van der Waals surface area (Å²) in [6, 6.07) is 24.0. The highest BCUT2D eigenvalue weighted by molar-refractivity contribution is 6.01. The Kier molecular flexibility index (Phi) is 6.62. The molecule has 134 valence electrons. The normalized spacial score (nSPS) is 10.6. The van der Waals surface area contributed by atoms with Crippen LogP contribution in [0.5, 0.6) is 0 Å². The second kappa shape index (κ2) is 9.59. The first-order valence-corrected chi connectivity index (χ1v) is 8.97. The minimum atomic E-state index is -0.189. The van der Waals surface area contributed by atoms with Crippen molar-refractivity contribution in [2.45, 2.75) is 12.8 Å². The fraction of sp³-hybridized carbons (Fsp3) is 0.227. The van der Waals surface area contributed by atoms with Crippen molar-refractivity contribution in [2.75, 3.05) is 25.1 Å². The minimum Gasteiger partial charge on any atom is -0.381 e. The minimum absolute atomic E-state index is 0.189. The van der Waals surface area contributed by atoms with Crippen molar-refractivity contribution >= 4 is 22.5 Å². The van der Waals surface area contributed by atoms with Crippen molar-refractivity contribution in [1.82, 2.24) is 5.32 Å². The molecule has 0 heterocycles. The average molecular weight is 348 g/mol. The first-order valence-electron chi connectivity index (χ1n) is 8.97. The van der Waals surface area contributed by atoms with Gasteiger partial charge in [0.25, 0.3) is 0 Å². The number of urea groups is 1. The molecule has 26 heavy (non-hydrogen) atoms. The van der Waals surface area contributed by atoms with Crippen LogP contribution in [0.1, 0.15) is 12.0 Å². The van der Waals surface area contributed by atoms with E-state index in [2.05, 4.69) is 22.8 Å². The average Bonchev–Trinajstić information content (AvgIpc) is 2.68. The molecule has 0 saturated heterocycles. The molecule has 0 aromatic heterocycles. The zero-order valence-corrected chi connectivity index (χ0v) is 14.8. The number of rotatable bonds is 8. The second-order valence-corrected chi connectivity index (χ2v) is 6.11. The first-order chi connectivity index (χ1) is 12.8. The molecule has 0 spiro atoms. The molecule has 0 fully saturated rings. The molecule has 2 amide bonds. The summed E-state index contributed by atoms with van der Waals surface area (Å²) in [6.45, 7) is 1.93. The monoisotopic (exact) mass is 348 g/mol. The Balaban J connectivity index is 1.33. The summed E-state index contributed by atoms with van der Waals surface area (Å²) in [7, 11) is 0. The summed E-state index contributed by atoms with van der Waals surface area (Å²) in [5.41, 5.74) is 2.10. The zero-order chi connectivity index (χ0) is 18.0. The van der Waals surface area contributed by atoms with Gasteiger partial charge >= 0.3 is 6.03 Å². The Labute approximate surface area is 154 Å². The molecule has 0 aliphatic heterocycles. The van der Waals surface area contributed by atoms with Crippen LogP contribution in [0.25, 0.3) is 10.8 Å². The van der Waals surface area contributed by atoms with E-state index in [-0.39, 0.29) is 6.03 Å². The largest absolute Gasteiger partial charge is 0.381 e. The van der Waals surface area contributed by atoms with Crippen molar-refractivity contribution in [3.05, 3.63) is 78.4 Å². The van der Waals surface area contributed by atoms with E-state index in [4.69, 9.17) is 4.74 Å². The number of benzene rings is 3. The smallest absolute Gasteiger partial charge is 0.319 e. The summed E-state index contributed by atoms with van der Waals surface area (Å²) >= 11 is 0. The zero-order valence-electron chi connectivity index (χ0n) is 14.8. The van der Waals surface area contributed by atoms with E-state index in [0.717, 1.165) is 29.3 Å². The summed E-state index contributed by atoms with van der Waals surface area (Å²) in [5, 5.41) is 7.94. The third kappa shape index (κ3) is 5.33. The fourth-order valence-corrected chi connectivity index (χ4v) is 2.81. The van der Waals surface area contributed by atoms with Crippen molar-refractivity contribution in [2.24, 2.45) is 0 Å². The molecule has 4 nitrogen and oxygen atoms in total. The van der Waals surface area contributed by atoms with Gasteiger partial charge in [-0.1, -0.05) is 66.7 Å². The highest BCUT2D eigenvalue weighted by Crippen LogP contribution is 2.22. The number of carbonyl (C=O) groups excluding carboxylic acids is 1. The van der Waals surface area contributed by atoms with Crippen LogP contribution in [-0.4, -0.2) is 25.8 Å². The first kappa shape index (κ1) is 18.0. The van der Waals surface area contributed by atoms with Crippen LogP contribution < -0.4 is 10.6 Å². The standard InChI is InChI=1S/C22H24N2O2/c25-22(24-21-13-6-11-19-10-4-5-12-20(19)21)23-15-7-16-26-17-14-18-8-2-1-3-9-18/h1-6,8-13H,7,14-17H2,(H2,23,24,25). The molecule has 0 aliphatic carbocycles. The van der Waals surface area contributed by atoms with Gasteiger partial charge in [-0.05, 0) is 29.9 Å². The van der Waals surface area contributed by atoms with Gasteiger partial charge in [-0.2, -0.15) is 0 Å². The Morgan fingerprint density at radius 3 is 2.50 bits per heavy atom. The lowest BCUT2D eigenvalue weighted by molar-refractivity contribution is 0.135. The Morgan fingerprint density at radius 1 is 0.846 bits per heavy atom.